The van der Waals surface area contributed by atoms with Crippen LogP contribution in [0.5, 0.6) is 5.75 Å². The van der Waals surface area contributed by atoms with Crippen LogP contribution >= 0.6 is 0 Å². The van der Waals surface area contributed by atoms with Crippen molar-refractivity contribution in [2.45, 2.75) is 76.0 Å². The lowest BCUT2D eigenvalue weighted by atomic mass is 10.0. The van der Waals surface area contributed by atoms with Crippen LogP contribution in [-0.2, 0) is 28.8 Å². The van der Waals surface area contributed by atoms with Crippen molar-refractivity contribution in [2.75, 3.05) is 31.6 Å². The standard InChI is InChI=1S/C30H35F7N2O5/c1-2-43-25(26(40)41)18-20-8-12-24(13-9-20)44-17-16-39(15-4-3-14-28(31,32)29(33,34)30(35,36)37)27(42)38-23-11-10-21-6-5-7-22(21)19-23/h8-13,19,25H,2-7,14-18H2,1H3,(H,38,42)(H,40,41). The Labute approximate surface area is 250 Å². The molecule has 1 aliphatic carbocycles. The van der Waals surface area contributed by atoms with Gasteiger partial charge >= 0.3 is 30.0 Å². The van der Waals surface area contributed by atoms with Crippen LogP contribution in [0.2, 0.25) is 0 Å². The smallest absolute Gasteiger partial charge is 0.459 e. The van der Waals surface area contributed by atoms with Crippen LogP contribution in [0.15, 0.2) is 42.5 Å². The Morgan fingerprint density at radius 1 is 0.955 bits per heavy atom. The molecule has 0 saturated carbocycles. The molecule has 2 aromatic rings. The van der Waals surface area contributed by atoms with Crippen molar-refractivity contribution in [1.82, 2.24) is 4.90 Å². The minimum atomic E-state index is -6.39. The number of ether oxygens (including phenoxy) is 2. The number of carbonyl (C=O) groups excluding carboxylic acids is 1. The Morgan fingerprint density at radius 2 is 1.64 bits per heavy atom. The first-order valence-electron chi connectivity index (χ1n) is 14.2. The van der Waals surface area contributed by atoms with Crippen LogP contribution in [0.1, 0.15) is 49.3 Å². The van der Waals surface area contributed by atoms with E-state index in [2.05, 4.69) is 5.32 Å². The maximum Gasteiger partial charge on any atom is 0.459 e. The number of rotatable bonds is 16. The maximum atomic E-state index is 13.7. The van der Waals surface area contributed by atoms with Gasteiger partial charge in [0.05, 0.1) is 6.54 Å². The molecule has 0 heterocycles. The number of halogens is 7. The fraction of sp³-hybridized carbons (Fsp3) is 0.533. The predicted molar refractivity (Wildman–Crippen MR) is 148 cm³/mol. The number of benzene rings is 2. The van der Waals surface area contributed by atoms with Gasteiger partial charge < -0.3 is 24.8 Å². The molecule has 2 N–H and O–H groups in total. The van der Waals surface area contributed by atoms with Gasteiger partial charge in [0.1, 0.15) is 12.4 Å². The van der Waals surface area contributed by atoms with E-state index in [9.17, 15) is 45.4 Å². The molecular weight excluding hydrogens is 601 g/mol. The van der Waals surface area contributed by atoms with E-state index in [0.717, 1.165) is 24.8 Å². The van der Waals surface area contributed by atoms with Gasteiger partial charge in [0.15, 0.2) is 6.10 Å². The molecule has 0 saturated heterocycles. The number of unbranched alkanes of at least 4 members (excludes halogenated alkanes) is 1. The number of carboxylic acids is 1. The number of amides is 2. The number of urea groups is 1. The highest BCUT2D eigenvalue weighted by Crippen LogP contribution is 2.48. The summed E-state index contributed by atoms with van der Waals surface area (Å²) < 4.78 is 102. The second kappa shape index (κ2) is 15.0. The Hall–Kier alpha value is -3.55. The number of alkyl halides is 7. The molecule has 1 unspecified atom stereocenters. The molecule has 0 spiro atoms. The fourth-order valence-electron chi connectivity index (χ4n) is 4.81. The van der Waals surface area contributed by atoms with Crippen molar-refractivity contribution < 1.29 is 54.9 Å². The molecule has 1 aliphatic rings. The molecule has 2 amide bonds. The van der Waals surface area contributed by atoms with Crippen LogP contribution in [-0.4, -0.2) is 72.4 Å². The molecule has 0 bridgehead atoms. The zero-order chi connectivity index (χ0) is 32.5. The highest BCUT2D eigenvalue weighted by atomic mass is 19.4. The van der Waals surface area contributed by atoms with E-state index in [4.69, 9.17) is 9.47 Å². The van der Waals surface area contributed by atoms with E-state index < -0.39 is 49.0 Å². The molecule has 0 radical (unpaired) electrons. The lowest BCUT2D eigenvalue weighted by Crippen LogP contribution is -2.51. The third-order valence-corrected chi connectivity index (χ3v) is 7.24. The summed E-state index contributed by atoms with van der Waals surface area (Å²) in [6, 6.07) is 11.3. The summed E-state index contributed by atoms with van der Waals surface area (Å²) >= 11 is 0. The molecule has 0 fully saturated rings. The van der Waals surface area contributed by atoms with Crippen molar-refractivity contribution in [3.63, 3.8) is 0 Å². The molecular formula is C30H35F7N2O5. The molecule has 0 aliphatic heterocycles. The lowest BCUT2D eigenvalue weighted by molar-refractivity contribution is -0.355. The van der Waals surface area contributed by atoms with E-state index in [-0.39, 0.29) is 39.1 Å². The third kappa shape index (κ3) is 9.23. The number of hydrogen-bond donors (Lipinski definition) is 2. The fourth-order valence-corrected chi connectivity index (χ4v) is 4.81. The van der Waals surface area contributed by atoms with Crippen LogP contribution in [0.25, 0.3) is 0 Å². The number of anilines is 1. The predicted octanol–water partition coefficient (Wildman–Crippen LogP) is 7.12. The number of fused-ring (bicyclic) bond motifs is 1. The largest absolute Gasteiger partial charge is 0.492 e. The first kappa shape index (κ1) is 34.9. The van der Waals surface area contributed by atoms with E-state index in [0.29, 0.717) is 17.0 Å². The normalized spacial score (nSPS) is 14.2. The molecule has 2 aromatic carbocycles. The summed E-state index contributed by atoms with van der Waals surface area (Å²) in [5.41, 5.74) is 3.44. The number of hydrogen-bond acceptors (Lipinski definition) is 4. The SMILES string of the molecule is CCOC(Cc1ccc(OCCN(CCCCC(F)(F)C(F)(F)C(F)(F)F)C(=O)Nc2ccc3c(c2)CCC3)cc1)C(=O)O. The first-order chi connectivity index (χ1) is 20.6. The van der Waals surface area contributed by atoms with E-state index in [1.54, 1.807) is 37.3 Å². The van der Waals surface area contributed by atoms with Gasteiger partial charge in [0.2, 0.25) is 0 Å². The number of carboxylic acid groups (broad SMARTS) is 1. The maximum absolute atomic E-state index is 13.7. The van der Waals surface area contributed by atoms with Crippen LogP contribution in [0.3, 0.4) is 0 Å². The molecule has 44 heavy (non-hydrogen) atoms. The van der Waals surface area contributed by atoms with Gasteiger partial charge in [0, 0.05) is 31.7 Å². The molecule has 14 heteroatoms. The Balaban J connectivity index is 1.60. The topological polar surface area (TPSA) is 88.1 Å². The average molecular weight is 637 g/mol. The van der Waals surface area contributed by atoms with Gasteiger partial charge in [-0.1, -0.05) is 18.2 Å². The Morgan fingerprint density at radius 3 is 2.27 bits per heavy atom. The number of nitrogens with one attached hydrogen (secondary N) is 1. The van der Waals surface area contributed by atoms with Crippen molar-refractivity contribution in [3.05, 3.63) is 59.2 Å². The minimum Gasteiger partial charge on any atom is -0.492 e. The van der Waals surface area contributed by atoms with Crippen LogP contribution < -0.4 is 10.1 Å². The highest BCUT2D eigenvalue weighted by Gasteiger charge is 2.72. The molecule has 244 valence electrons. The minimum absolute atomic E-state index is 0.0565. The monoisotopic (exact) mass is 636 g/mol. The summed E-state index contributed by atoms with van der Waals surface area (Å²) in [7, 11) is 0. The van der Waals surface area contributed by atoms with Crippen LogP contribution in [0, 0.1) is 0 Å². The van der Waals surface area contributed by atoms with Crippen molar-refractivity contribution in [1.29, 1.82) is 0 Å². The molecule has 7 nitrogen and oxygen atoms in total. The second-order valence-corrected chi connectivity index (χ2v) is 10.5. The Kier molecular flexibility index (Phi) is 11.9. The zero-order valence-electron chi connectivity index (χ0n) is 24.1. The Bertz CT molecular complexity index is 1260. The number of aliphatic carboxylic acids is 1. The van der Waals surface area contributed by atoms with Gasteiger partial charge in [-0.15, -0.1) is 0 Å². The summed E-state index contributed by atoms with van der Waals surface area (Å²) in [4.78, 5) is 25.6. The summed E-state index contributed by atoms with van der Waals surface area (Å²) in [6.45, 7) is 1.59. The summed E-state index contributed by atoms with van der Waals surface area (Å²) in [6.07, 6.45) is -7.17. The van der Waals surface area contributed by atoms with E-state index in [1.807, 2.05) is 12.1 Å². The van der Waals surface area contributed by atoms with Crippen molar-refractivity contribution >= 4 is 17.7 Å². The first-order valence-corrected chi connectivity index (χ1v) is 14.2. The van der Waals surface area contributed by atoms with Gasteiger partial charge in [-0.05, 0) is 80.0 Å². The highest BCUT2D eigenvalue weighted by molar-refractivity contribution is 5.89. The number of carbonyl (C=O) groups is 2. The van der Waals surface area contributed by atoms with E-state index in [1.165, 1.54) is 10.5 Å². The van der Waals surface area contributed by atoms with Crippen LogP contribution in [0.4, 0.5) is 41.2 Å². The third-order valence-electron chi connectivity index (χ3n) is 7.24. The van der Waals surface area contributed by atoms with Gasteiger partial charge in [0.25, 0.3) is 0 Å². The summed E-state index contributed by atoms with van der Waals surface area (Å²) in [5.74, 6) is -12.2. The van der Waals surface area contributed by atoms with Crippen molar-refractivity contribution in [2.24, 2.45) is 0 Å². The number of nitrogens with zero attached hydrogens (tertiary/aromatic N) is 1. The van der Waals surface area contributed by atoms with E-state index >= 15 is 0 Å². The zero-order valence-corrected chi connectivity index (χ0v) is 24.1. The lowest BCUT2D eigenvalue weighted by Gasteiger charge is -2.28. The van der Waals surface area contributed by atoms with Gasteiger partial charge in [-0.2, -0.15) is 30.7 Å². The van der Waals surface area contributed by atoms with Gasteiger partial charge in [-0.3, -0.25) is 0 Å². The van der Waals surface area contributed by atoms with Gasteiger partial charge in [-0.25, -0.2) is 9.59 Å². The quantitative estimate of drug-likeness (QED) is 0.151. The average Bonchev–Trinajstić information content (AvgIpc) is 3.42. The molecule has 0 aromatic heterocycles. The summed E-state index contributed by atoms with van der Waals surface area (Å²) in [5, 5.41) is 12.0. The second-order valence-electron chi connectivity index (χ2n) is 10.5. The molecule has 1 atom stereocenters. The molecule has 3 rings (SSSR count). The van der Waals surface area contributed by atoms with Crippen molar-refractivity contribution in [3.8, 4) is 5.75 Å². The number of aryl methyl sites for hydroxylation is 2.